The molecule has 0 aliphatic rings. The van der Waals surface area contributed by atoms with Crippen LogP contribution in [-0.2, 0) is 0 Å². The topological polar surface area (TPSA) is 32.3 Å². The molecule has 5 heteroatoms. The van der Waals surface area contributed by atoms with Crippen molar-refractivity contribution in [3.05, 3.63) is 34.1 Å². The molecule has 106 valence electrons. The Morgan fingerprint density at radius 1 is 1.42 bits per heavy atom. The van der Waals surface area contributed by atoms with Crippen LogP contribution in [0.2, 0.25) is 0 Å². The average Bonchev–Trinajstić information content (AvgIpc) is 2.26. The minimum Gasteiger partial charge on any atom is -0.348 e. The van der Waals surface area contributed by atoms with Gasteiger partial charge in [-0.15, -0.1) is 0 Å². The molecule has 0 fully saturated rings. The molecule has 1 aromatic rings. The molecule has 0 bridgehead atoms. The SMILES string of the molecule is CC(C)C(CN(C)C)NC(=O)c1ccc(Br)cc1F. The fourth-order valence-electron chi connectivity index (χ4n) is 1.74. The summed E-state index contributed by atoms with van der Waals surface area (Å²) < 4.78 is 14.3. The molecule has 3 nitrogen and oxygen atoms in total. The zero-order valence-electron chi connectivity index (χ0n) is 11.7. The average molecular weight is 331 g/mol. The van der Waals surface area contributed by atoms with Crippen molar-refractivity contribution < 1.29 is 9.18 Å². The first kappa shape index (κ1) is 16.1. The lowest BCUT2D eigenvalue weighted by Gasteiger charge is -2.25. The third kappa shape index (κ3) is 4.91. The number of amides is 1. The Bertz CT molecular complexity index is 449. The third-order valence-electron chi connectivity index (χ3n) is 2.86. The van der Waals surface area contributed by atoms with Gasteiger partial charge in [-0.25, -0.2) is 4.39 Å². The number of nitrogens with one attached hydrogen (secondary N) is 1. The second-order valence-corrected chi connectivity index (χ2v) is 6.13. The first-order chi connectivity index (χ1) is 8.81. The van der Waals surface area contributed by atoms with Crippen LogP contribution in [0.3, 0.4) is 0 Å². The zero-order valence-corrected chi connectivity index (χ0v) is 13.3. The van der Waals surface area contributed by atoms with Gasteiger partial charge in [0.05, 0.1) is 5.56 Å². The Balaban J connectivity index is 2.81. The lowest BCUT2D eigenvalue weighted by molar-refractivity contribution is 0.0912. The van der Waals surface area contributed by atoms with E-state index in [1.165, 1.54) is 12.1 Å². The van der Waals surface area contributed by atoms with Crippen molar-refractivity contribution in [2.45, 2.75) is 19.9 Å². The predicted molar refractivity (Wildman–Crippen MR) is 78.7 cm³/mol. The maximum Gasteiger partial charge on any atom is 0.254 e. The summed E-state index contributed by atoms with van der Waals surface area (Å²) in [5, 5.41) is 2.89. The number of halogens is 2. The summed E-state index contributed by atoms with van der Waals surface area (Å²) in [5.41, 5.74) is 0.0765. The number of rotatable bonds is 5. The molecule has 1 atom stereocenters. The molecule has 0 radical (unpaired) electrons. The summed E-state index contributed by atoms with van der Waals surface area (Å²) >= 11 is 3.17. The van der Waals surface area contributed by atoms with Crippen LogP contribution < -0.4 is 5.32 Å². The number of hydrogen-bond acceptors (Lipinski definition) is 2. The normalized spacial score (nSPS) is 12.8. The fourth-order valence-corrected chi connectivity index (χ4v) is 2.07. The maximum atomic E-state index is 13.7. The molecule has 1 N–H and O–H groups in total. The van der Waals surface area contributed by atoms with E-state index in [1.54, 1.807) is 6.07 Å². The van der Waals surface area contributed by atoms with Gasteiger partial charge in [0.1, 0.15) is 5.82 Å². The predicted octanol–water partition coefficient (Wildman–Crippen LogP) is 2.90. The first-order valence-corrected chi connectivity index (χ1v) is 7.01. The molecule has 1 rings (SSSR count). The molecule has 0 saturated carbocycles. The van der Waals surface area contributed by atoms with Gasteiger partial charge in [-0.2, -0.15) is 0 Å². The van der Waals surface area contributed by atoms with Crippen LogP contribution in [0.1, 0.15) is 24.2 Å². The van der Waals surface area contributed by atoms with E-state index in [0.717, 1.165) is 6.54 Å². The highest BCUT2D eigenvalue weighted by Crippen LogP contribution is 2.15. The van der Waals surface area contributed by atoms with E-state index in [0.29, 0.717) is 4.47 Å². The van der Waals surface area contributed by atoms with Crippen LogP contribution in [0.25, 0.3) is 0 Å². The summed E-state index contributed by atoms with van der Waals surface area (Å²) in [6, 6.07) is 4.44. The van der Waals surface area contributed by atoms with E-state index in [4.69, 9.17) is 0 Å². The van der Waals surface area contributed by atoms with Gasteiger partial charge >= 0.3 is 0 Å². The largest absolute Gasteiger partial charge is 0.348 e. The van der Waals surface area contributed by atoms with Crippen LogP contribution in [0, 0.1) is 11.7 Å². The smallest absolute Gasteiger partial charge is 0.254 e. The molecule has 0 aliphatic carbocycles. The van der Waals surface area contributed by atoms with Gasteiger partial charge in [0.25, 0.3) is 5.91 Å². The van der Waals surface area contributed by atoms with Crippen LogP contribution in [0.5, 0.6) is 0 Å². The van der Waals surface area contributed by atoms with Crippen molar-refractivity contribution >= 4 is 21.8 Å². The molecule has 0 spiro atoms. The van der Waals surface area contributed by atoms with Crippen LogP contribution >= 0.6 is 15.9 Å². The molecule has 1 amide bonds. The fraction of sp³-hybridized carbons (Fsp3) is 0.500. The molecule has 0 aliphatic heterocycles. The minimum atomic E-state index is -0.515. The van der Waals surface area contributed by atoms with Crippen LogP contribution in [0.15, 0.2) is 22.7 Å². The van der Waals surface area contributed by atoms with Gasteiger partial charge in [-0.05, 0) is 38.2 Å². The summed E-state index contributed by atoms with van der Waals surface area (Å²) in [5.74, 6) is -0.602. The standard InChI is InChI=1S/C14H20BrFN2O/c1-9(2)13(8-18(3)4)17-14(19)11-6-5-10(15)7-12(11)16/h5-7,9,13H,8H2,1-4H3,(H,17,19). The maximum absolute atomic E-state index is 13.7. The van der Waals surface area contributed by atoms with Crippen LogP contribution in [-0.4, -0.2) is 37.5 Å². The van der Waals surface area contributed by atoms with E-state index in [1.807, 2.05) is 32.8 Å². The number of carbonyl (C=O) groups is 1. The number of nitrogens with zero attached hydrogens (tertiary/aromatic N) is 1. The van der Waals surface area contributed by atoms with Gasteiger partial charge in [0, 0.05) is 17.1 Å². The monoisotopic (exact) mass is 330 g/mol. The van der Waals surface area contributed by atoms with Gasteiger partial charge in [0.2, 0.25) is 0 Å². The molecular formula is C14H20BrFN2O. The number of benzene rings is 1. The summed E-state index contributed by atoms with van der Waals surface area (Å²) in [4.78, 5) is 14.1. The molecule has 1 unspecified atom stereocenters. The van der Waals surface area contributed by atoms with E-state index in [9.17, 15) is 9.18 Å². The highest BCUT2D eigenvalue weighted by Gasteiger charge is 2.19. The van der Waals surface area contributed by atoms with Crippen molar-refractivity contribution in [2.75, 3.05) is 20.6 Å². The van der Waals surface area contributed by atoms with Crippen molar-refractivity contribution in [3.63, 3.8) is 0 Å². The van der Waals surface area contributed by atoms with E-state index < -0.39 is 5.82 Å². The van der Waals surface area contributed by atoms with Crippen molar-refractivity contribution in [2.24, 2.45) is 5.92 Å². The van der Waals surface area contributed by atoms with Crippen molar-refractivity contribution in [1.29, 1.82) is 0 Å². The molecule has 1 aromatic carbocycles. The van der Waals surface area contributed by atoms with Crippen molar-refractivity contribution in [1.82, 2.24) is 10.2 Å². The highest BCUT2D eigenvalue weighted by molar-refractivity contribution is 9.10. The zero-order chi connectivity index (χ0) is 14.6. The Kier molecular flexibility index (Phi) is 5.94. The second-order valence-electron chi connectivity index (χ2n) is 5.21. The van der Waals surface area contributed by atoms with Crippen molar-refractivity contribution in [3.8, 4) is 0 Å². The lowest BCUT2D eigenvalue weighted by Crippen LogP contribution is -2.45. The molecular weight excluding hydrogens is 311 g/mol. The highest BCUT2D eigenvalue weighted by atomic mass is 79.9. The quantitative estimate of drug-likeness (QED) is 0.900. The molecule has 0 heterocycles. The number of carbonyl (C=O) groups excluding carboxylic acids is 1. The van der Waals surface area contributed by atoms with E-state index >= 15 is 0 Å². The lowest BCUT2D eigenvalue weighted by atomic mass is 10.0. The minimum absolute atomic E-state index is 0.00875. The molecule has 0 saturated heterocycles. The Labute approximate surface area is 122 Å². The number of hydrogen-bond donors (Lipinski definition) is 1. The van der Waals surface area contributed by atoms with Gasteiger partial charge in [0.15, 0.2) is 0 Å². The molecule has 19 heavy (non-hydrogen) atoms. The summed E-state index contributed by atoms with van der Waals surface area (Å²) in [6.07, 6.45) is 0. The third-order valence-corrected chi connectivity index (χ3v) is 3.35. The van der Waals surface area contributed by atoms with Gasteiger partial charge in [-0.1, -0.05) is 29.8 Å². The first-order valence-electron chi connectivity index (χ1n) is 6.22. The van der Waals surface area contributed by atoms with Crippen LogP contribution in [0.4, 0.5) is 4.39 Å². The summed E-state index contributed by atoms with van der Waals surface area (Å²) in [6.45, 7) is 4.79. The second kappa shape index (κ2) is 7.01. The molecule has 0 aromatic heterocycles. The van der Waals surface area contributed by atoms with E-state index in [-0.39, 0.29) is 23.4 Å². The summed E-state index contributed by atoms with van der Waals surface area (Å²) in [7, 11) is 3.89. The van der Waals surface area contributed by atoms with Gasteiger partial charge < -0.3 is 10.2 Å². The Morgan fingerprint density at radius 2 is 2.05 bits per heavy atom. The Hall–Kier alpha value is -0.940. The van der Waals surface area contributed by atoms with Gasteiger partial charge in [-0.3, -0.25) is 4.79 Å². The Morgan fingerprint density at radius 3 is 2.53 bits per heavy atom. The number of likely N-dealkylation sites (N-methyl/N-ethyl adjacent to an activating group) is 1. The van der Waals surface area contributed by atoms with E-state index in [2.05, 4.69) is 21.2 Å².